The summed E-state index contributed by atoms with van der Waals surface area (Å²) in [6.07, 6.45) is 0. The third-order valence-corrected chi connectivity index (χ3v) is 3.38. The Balaban J connectivity index is 2.97. The minimum absolute atomic E-state index is 0.159. The topological polar surface area (TPSA) is 89.3 Å². The minimum atomic E-state index is -3.64. The van der Waals surface area contributed by atoms with Crippen molar-refractivity contribution in [1.29, 1.82) is 0 Å². The highest BCUT2D eigenvalue weighted by Gasteiger charge is 2.16. The summed E-state index contributed by atoms with van der Waals surface area (Å²) in [5.74, 6) is -0.716. The van der Waals surface area contributed by atoms with Crippen molar-refractivity contribution in [3.8, 4) is 0 Å². The predicted octanol–water partition coefficient (Wildman–Crippen LogP) is -0.241. The van der Waals surface area contributed by atoms with Gasteiger partial charge in [0.05, 0.1) is 11.4 Å². The van der Waals surface area contributed by atoms with Crippen LogP contribution in [0.4, 0.5) is 0 Å². The van der Waals surface area contributed by atoms with Crippen LogP contribution >= 0.6 is 0 Å². The van der Waals surface area contributed by atoms with E-state index < -0.39 is 22.5 Å². The molecule has 0 spiro atoms. The summed E-state index contributed by atoms with van der Waals surface area (Å²) in [5, 5.41) is 0. The van der Waals surface area contributed by atoms with E-state index in [0.717, 1.165) is 0 Å². The number of hydrogen-bond acceptors (Lipinski definition) is 3. The molecule has 0 aliphatic heterocycles. The third-order valence-electron chi connectivity index (χ3n) is 1.82. The Morgan fingerprint density at radius 1 is 1.40 bits per heavy atom. The SMILES string of the molecule is Cc1ccccc1S(=O)(=O)NCC(N)=O. The zero-order valence-electron chi connectivity index (χ0n) is 8.23. The van der Waals surface area contributed by atoms with Gasteiger partial charge in [-0.25, -0.2) is 13.1 Å². The summed E-state index contributed by atoms with van der Waals surface area (Å²) in [4.78, 5) is 10.6. The molecule has 1 aromatic carbocycles. The van der Waals surface area contributed by atoms with Crippen LogP contribution in [-0.4, -0.2) is 20.9 Å². The number of carbonyl (C=O) groups excluding carboxylic acids is 1. The van der Waals surface area contributed by atoms with Gasteiger partial charge in [-0.2, -0.15) is 0 Å². The second-order valence-electron chi connectivity index (χ2n) is 3.06. The second-order valence-corrected chi connectivity index (χ2v) is 4.79. The summed E-state index contributed by atoms with van der Waals surface area (Å²) in [5.41, 5.74) is 5.47. The van der Waals surface area contributed by atoms with Crippen molar-refractivity contribution >= 4 is 15.9 Å². The van der Waals surface area contributed by atoms with Crippen LogP contribution in [0, 0.1) is 6.92 Å². The quantitative estimate of drug-likeness (QED) is 0.745. The van der Waals surface area contributed by atoms with Crippen LogP contribution in [0.25, 0.3) is 0 Å². The number of sulfonamides is 1. The number of carbonyl (C=O) groups is 1. The van der Waals surface area contributed by atoms with Crippen molar-refractivity contribution in [3.05, 3.63) is 29.8 Å². The largest absolute Gasteiger partial charge is 0.369 e. The molecule has 0 aromatic heterocycles. The van der Waals surface area contributed by atoms with Crippen LogP contribution in [0.3, 0.4) is 0 Å². The van der Waals surface area contributed by atoms with Crippen LogP contribution in [0.1, 0.15) is 5.56 Å². The maximum Gasteiger partial charge on any atom is 0.241 e. The van der Waals surface area contributed by atoms with Crippen LogP contribution in [-0.2, 0) is 14.8 Å². The van der Waals surface area contributed by atoms with Gasteiger partial charge in [0.15, 0.2) is 0 Å². The summed E-state index contributed by atoms with van der Waals surface area (Å²) in [6, 6.07) is 6.51. The first kappa shape index (κ1) is 11.7. The predicted molar refractivity (Wildman–Crippen MR) is 55.6 cm³/mol. The Bertz CT molecular complexity index is 468. The molecule has 0 saturated heterocycles. The van der Waals surface area contributed by atoms with Gasteiger partial charge in [-0.15, -0.1) is 0 Å². The molecule has 15 heavy (non-hydrogen) atoms. The Morgan fingerprint density at radius 2 is 2.00 bits per heavy atom. The molecule has 1 rings (SSSR count). The molecule has 5 nitrogen and oxygen atoms in total. The van der Waals surface area contributed by atoms with Crippen molar-refractivity contribution in [1.82, 2.24) is 4.72 Å². The van der Waals surface area contributed by atoms with E-state index in [1.165, 1.54) is 6.07 Å². The lowest BCUT2D eigenvalue weighted by molar-refractivity contribution is -0.116. The number of primary amides is 1. The van der Waals surface area contributed by atoms with Gasteiger partial charge < -0.3 is 5.73 Å². The van der Waals surface area contributed by atoms with E-state index >= 15 is 0 Å². The van der Waals surface area contributed by atoms with E-state index in [4.69, 9.17) is 5.73 Å². The fourth-order valence-corrected chi connectivity index (χ4v) is 2.34. The molecule has 1 amide bonds. The van der Waals surface area contributed by atoms with Crippen LogP contribution < -0.4 is 10.5 Å². The zero-order chi connectivity index (χ0) is 11.5. The molecule has 0 aliphatic carbocycles. The highest BCUT2D eigenvalue weighted by atomic mass is 32.2. The molecule has 0 unspecified atom stereocenters. The first-order valence-corrected chi connectivity index (χ1v) is 5.75. The molecule has 0 radical (unpaired) electrons. The Hall–Kier alpha value is -1.40. The molecule has 0 fully saturated rings. The zero-order valence-corrected chi connectivity index (χ0v) is 9.04. The number of aryl methyl sites for hydroxylation is 1. The monoisotopic (exact) mass is 228 g/mol. The highest BCUT2D eigenvalue weighted by Crippen LogP contribution is 2.13. The van der Waals surface area contributed by atoms with Gasteiger partial charge in [0.1, 0.15) is 0 Å². The minimum Gasteiger partial charge on any atom is -0.369 e. The average Bonchev–Trinajstić information content (AvgIpc) is 2.15. The maximum atomic E-state index is 11.6. The van der Waals surface area contributed by atoms with Gasteiger partial charge in [-0.1, -0.05) is 18.2 Å². The molecule has 0 atom stereocenters. The number of nitrogens with one attached hydrogen (secondary N) is 1. The number of benzene rings is 1. The third kappa shape index (κ3) is 3.03. The van der Waals surface area contributed by atoms with Crippen molar-refractivity contribution in [2.45, 2.75) is 11.8 Å². The van der Waals surface area contributed by atoms with Gasteiger partial charge in [0.25, 0.3) is 0 Å². The summed E-state index contributed by atoms with van der Waals surface area (Å²) < 4.78 is 25.4. The van der Waals surface area contributed by atoms with Gasteiger partial charge in [-0.3, -0.25) is 4.79 Å². The van der Waals surface area contributed by atoms with Gasteiger partial charge >= 0.3 is 0 Å². The van der Waals surface area contributed by atoms with Gasteiger partial charge in [0.2, 0.25) is 15.9 Å². The molecule has 0 saturated carbocycles. The van der Waals surface area contributed by atoms with Crippen molar-refractivity contribution < 1.29 is 13.2 Å². The normalized spacial score (nSPS) is 11.3. The smallest absolute Gasteiger partial charge is 0.241 e. The molecule has 0 bridgehead atoms. The van der Waals surface area contributed by atoms with Gasteiger partial charge in [-0.05, 0) is 18.6 Å². The molecule has 0 heterocycles. The Labute approximate surface area is 88.3 Å². The lowest BCUT2D eigenvalue weighted by Crippen LogP contribution is -2.33. The van der Waals surface area contributed by atoms with Crippen LogP contribution in [0.5, 0.6) is 0 Å². The van der Waals surface area contributed by atoms with Crippen LogP contribution in [0.2, 0.25) is 0 Å². The van der Waals surface area contributed by atoms with Crippen molar-refractivity contribution in [3.63, 3.8) is 0 Å². The van der Waals surface area contributed by atoms with Crippen molar-refractivity contribution in [2.75, 3.05) is 6.54 Å². The summed E-state index contributed by atoms with van der Waals surface area (Å²) in [6.45, 7) is 1.29. The van der Waals surface area contributed by atoms with E-state index in [9.17, 15) is 13.2 Å². The number of nitrogens with two attached hydrogens (primary N) is 1. The Morgan fingerprint density at radius 3 is 2.53 bits per heavy atom. The molecule has 6 heteroatoms. The lowest BCUT2D eigenvalue weighted by atomic mass is 10.2. The fourth-order valence-electron chi connectivity index (χ4n) is 1.10. The fraction of sp³-hybridized carbons (Fsp3) is 0.222. The first-order chi connectivity index (χ1) is 6.93. The Kier molecular flexibility index (Phi) is 3.43. The number of amides is 1. The van der Waals surface area contributed by atoms with Crippen molar-refractivity contribution in [2.24, 2.45) is 5.73 Å². The van der Waals surface area contributed by atoms with E-state index in [1.54, 1.807) is 25.1 Å². The van der Waals surface area contributed by atoms with E-state index in [1.807, 2.05) is 0 Å². The van der Waals surface area contributed by atoms with Crippen LogP contribution in [0.15, 0.2) is 29.2 Å². The lowest BCUT2D eigenvalue weighted by Gasteiger charge is -2.07. The van der Waals surface area contributed by atoms with E-state index in [-0.39, 0.29) is 4.90 Å². The first-order valence-electron chi connectivity index (χ1n) is 4.27. The maximum absolute atomic E-state index is 11.6. The molecular formula is C9H12N2O3S. The summed E-state index contributed by atoms with van der Waals surface area (Å²) >= 11 is 0. The molecule has 0 aliphatic rings. The molecule has 1 aromatic rings. The second kappa shape index (κ2) is 4.41. The number of hydrogen-bond donors (Lipinski definition) is 2. The molecular weight excluding hydrogens is 216 g/mol. The number of rotatable bonds is 4. The molecule has 3 N–H and O–H groups in total. The van der Waals surface area contributed by atoms with E-state index in [0.29, 0.717) is 5.56 Å². The van der Waals surface area contributed by atoms with E-state index in [2.05, 4.69) is 4.72 Å². The van der Waals surface area contributed by atoms with Gasteiger partial charge in [0, 0.05) is 0 Å². The summed E-state index contributed by atoms with van der Waals surface area (Å²) in [7, 11) is -3.64. The standard InChI is InChI=1S/C9H12N2O3S/c1-7-4-2-3-5-8(7)15(13,14)11-6-9(10)12/h2-5,11H,6H2,1H3,(H2,10,12). The average molecular weight is 228 g/mol. The highest BCUT2D eigenvalue weighted by molar-refractivity contribution is 7.89. The molecule has 82 valence electrons.